The molecule has 0 aliphatic heterocycles. The number of nitrogens with zero attached hydrogens (tertiary/aromatic N) is 4. The highest BCUT2D eigenvalue weighted by Gasteiger charge is 2.38. The Balaban J connectivity index is 1.41. The fraction of sp³-hybridized carbons (Fsp3) is 0.423. The average Bonchev–Trinajstić information content (AvgIpc) is 3.17. The molecule has 3 aromatic rings. The Labute approximate surface area is 190 Å². The lowest BCUT2D eigenvalue weighted by molar-refractivity contribution is 0.0766. The molecular weight excluding hydrogens is 398 g/mol. The van der Waals surface area contributed by atoms with Crippen LogP contribution in [0.1, 0.15) is 53.0 Å². The number of para-hydroxylation sites is 1. The van der Waals surface area contributed by atoms with Crippen molar-refractivity contribution in [1.29, 1.82) is 0 Å². The van der Waals surface area contributed by atoms with Crippen LogP contribution in [0.3, 0.4) is 0 Å². The number of nitrogens with one attached hydrogen (secondary N) is 1. The minimum Gasteiger partial charge on any atom is -0.348 e. The molecule has 1 N–H and O–H groups in total. The Bertz CT molecular complexity index is 1060. The summed E-state index contributed by atoms with van der Waals surface area (Å²) in [6.07, 6.45) is 5.05. The van der Waals surface area contributed by atoms with E-state index in [2.05, 4.69) is 65.7 Å². The SMILES string of the molecule is Cc1cccc(CC2(N(C)C)CCC(NC(=O)c3nn(-c4ccccc4)nc3C)CC2)c1. The summed E-state index contributed by atoms with van der Waals surface area (Å²) in [6, 6.07) is 18.6. The molecule has 1 saturated carbocycles. The predicted octanol–water partition coefficient (Wildman–Crippen LogP) is 4.10. The quantitative estimate of drug-likeness (QED) is 0.638. The van der Waals surface area contributed by atoms with Crippen LogP contribution in [0.15, 0.2) is 54.6 Å². The highest BCUT2D eigenvalue weighted by Crippen LogP contribution is 2.35. The van der Waals surface area contributed by atoms with E-state index in [9.17, 15) is 4.79 Å². The normalized spacial score (nSPS) is 21.0. The van der Waals surface area contributed by atoms with Gasteiger partial charge in [0.25, 0.3) is 5.91 Å². The van der Waals surface area contributed by atoms with Gasteiger partial charge in [-0.05, 0) is 77.7 Å². The Morgan fingerprint density at radius 2 is 1.78 bits per heavy atom. The Morgan fingerprint density at radius 3 is 2.44 bits per heavy atom. The van der Waals surface area contributed by atoms with Crippen molar-refractivity contribution < 1.29 is 4.79 Å². The number of carbonyl (C=O) groups is 1. The number of carbonyl (C=O) groups excluding carboxylic acids is 1. The van der Waals surface area contributed by atoms with E-state index < -0.39 is 0 Å². The Hall–Kier alpha value is -2.99. The maximum atomic E-state index is 13.0. The largest absolute Gasteiger partial charge is 0.348 e. The van der Waals surface area contributed by atoms with Gasteiger partial charge in [0.15, 0.2) is 5.69 Å². The zero-order valence-corrected chi connectivity index (χ0v) is 19.5. The molecule has 0 radical (unpaired) electrons. The second-order valence-corrected chi connectivity index (χ2v) is 9.29. The van der Waals surface area contributed by atoms with Gasteiger partial charge in [-0.2, -0.15) is 9.90 Å². The lowest BCUT2D eigenvalue weighted by Gasteiger charge is -2.45. The van der Waals surface area contributed by atoms with Crippen LogP contribution in [0.25, 0.3) is 5.69 Å². The number of likely N-dealkylation sites (N-methyl/N-ethyl adjacent to an activating group) is 1. The number of benzene rings is 2. The molecule has 6 nitrogen and oxygen atoms in total. The number of hydrogen-bond acceptors (Lipinski definition) is 4. The minimum absolute atomic E-state index is 0.126. The number of aryl methyl sites for hydroxylation is 2. The first-order valence-electron chi connectivity index (χ1n) is 11.4. The summed E-state index contributed by atoms with van der Waals surface area (Å²) in [7, 11) is 4.36. The van der Waals surface area contributed by atoms with Crippen LogP contribution in [0.5, 0.6) is 0 Å². The standard InChI is InChI=1S/C26H33N5O/c1-19-9-8-10-21(17-19)18-26(30(3)4)15-13-22(14-16-26)27-25(32)24-20(2)28-31(29-24)23-11-6-5-7-12-23/h5-12,17,22H,13-16,18H2,1-4H3,(H,27,32). The maximum absolute atomic E-state index is 13.0. The first-order chi connectivity index (χ1) is 15.4. The molecule has 32 heavy (non-hydrogen) atoms. The lowest BCUT2D eigenvalue weighted by Crippen LogP contribution is -2.52. The van der Waals surface area contributed by atoms with Crippen molar-refractivity contribution in [3.05, 3.63) is 77.1 Å². The molecule has 1 amide bonds. The van der Waals surface area contributed by atoms with E-state index in [-0.39, 0.29) is 17.5 Å². The van der Waals surface area contributed by atoms with E-state index >= 15 is 0 Å². The van der Waals surface area contributed by atoms with Gasteiger partial charge in [-0.25, -0.2) is 0 Å². The Kier molecular flexibility index (Phi) is 6.42. The molecular formula is C26H33N5O. The molecule has 6 heteroatoms. The molecule has 168 valence electrons. The third-order valence-corrected chi connectivity index (χ3v) is 6.80. The van der Waals surface area contributed by atoms with Crippen LogP contribution in [-0.4, -0.2) is 51.5 Å². The number of rotatable bonds is 6. The van der Waals surface area contributed by atoms with Gasteiger partial charge < -0.3 is 10.2 Å². The van der Waals surface area contributed by atoms with Crippen molar-refractivity contribution in [2.45, 2.75) is 57.5 Å². The van der Waals surface area contributed by atoms with E-state index in [1.54, 1.807) is 0 Å². The van der Waals surface area contributed by atoms with Crippen molar-refractivity contribution in [2.75, 3.05) is 14.1 Å². The first-order valence-corrected chi connectivity index (χ1v) is 11.4. The smallest absolute Gasteiger partial charge is 0.273 e. The minimum atomic E-state index is -0.134. The van der Waals surface area contributed by atoms with Crippen molar-refractivity contribution >= 4 is 5.91 Å². The zero-order valence-electron chi connectivity index (χ0n) is 19.5. The lowest BCUT2D eigenvalue weighted by atomic mass is 9.74. The topological polar surface area (TPSA) is 63.1 Å². The molecule has 1 aromatic heterocycles. The van der Waals surface area contributed by atoms with Gasteiger partial charge in [0, 0.05) is 11.6 Å². The second kappa shape index (κ2) is 9.25. The molecule has 1 heterocycles. The zero-order chi connectivity index (χ0) is 22.7. The summed E-state index contributed by atoms with van der Waals surface area (Å²) in [5.74, 6) is -0.134. The molecule has 1 aliphatic rings. The predicted molar refractivity (Wildman–Crippen MR) is 127 cm³/mol. The summed E-state index contributed by atoms with van der Waals surface area (Å²) >= 11 is 0. The molecule has 0 unspecified atom stereocenters. The molecule has 4 rings (SSSR count). The van der Waals surface area contributed by atoms with Gasteiger partial charge >= 0.3 is 0 Å². The first kappa shape index (κ1) is 22.2. The molecule has 1 aliphatic carbocycles. The van der Waals surface area contributed by atoms with Crippen molar-refractivity contribution in [1.82, 2.24) is 25.2 Å². The second-order valence-electron chi connectivity index (χ2n) is 9.29. The summed E-state index contributed by atoms with van der Waals surface area (Å²) in [4.78, 5) is 16.9. The molecule has 0 spiro atoms. The van der Waals surface area contributed by atoms with Gasteiger partial charge in [0.1, 0.15) is 0 Å². The van der Waals surface area contributed by atoms with Gasteiger partial charge in [-0.3, -0.25) is 4.79 Å². The van der Waals surface area contributed by atoms with Crippen LogP contribution in [0.4, 0.5) is 0 Å². The van der Waals surface area contributed by atoms with Gasteiger partial charge in [-0.1, -0.05) is 48.0 Å². The van der Waals surface area contributed by atoms with E-state index in [0.29, 0.717) is 11.4 Å². The van der Waals surface area contributed by atoms with Crippen molar-refractivity contribution in [3.8, 4) is 5.69 Å². The van der Waals surface area contributed by atoms with Crippen LogP contribution in [0, 0.1) is 13.8 Å². The highest BCUT2D eigenvalue weighted by atomic mass is 16.2. The third-order valence-electron chi connectivity index (χ3n) is 6.80. The van der Waals surface area contributed by atoms with Gasteiger partial charge in [-0.15, -0.1) is 5.10 Å². The molecule has 2 aromatic carbocycles. The summed E-state index contributed by atoms with van der Waals surface area (Å²) in [5, 5.41) is 12.1. The van der Waals surface area contributed by atoms with Crippen LogP contribution in [0.2, 0.25) is 0 Å². The van der Waals surface area contributed by atoms with E-state index in [1.807, 2.05) is 37.3 Å². The monoisotopic (exact) mass is 431 g/mol. The maximum Gasteiger partial charge on any atom is 0.273 e. The molecule has 0 bridgehead atoms. The Morgan fingerprint density at radius 1 is 1.06 bits per heavy atom. The van der Waals surface area contributed by atoms with E-state index in [1.165, 1.54) is 15.9 Å². The van der Waals surface area contributed by atoms with Crippen LogP contribution >= 0.6 is 0 Å². The van der Waals surface area contributed by atoms with Crippen LogP contribution < -0.4 is 5.32 Å². The van der Waals surface area contributed by atoms with E-state index in [0.717, 1.165) is 37.8 Å². The van der Waals surface area contributed by atoms with Crippen molar-refractivity contribution in [3.63, 3.8) is 0 Å². The fourth-order valence-corrected chi connectivity index (χ4v) is 4.80. The number of aromatic nitrogens is 3. The third kappa shape index (κ3) is 4.75. The summed E-state index contributed by atoms with van der Waals surface area (Å²) < 4.78 is 0. The number of amides is 1. The average molecular weight is 432 g/mol. The summed E-state index contributed by atoms with van der Waals surface area (Å²) in [6.45, 7) is 3.98. The fourth-order valence-electron chi connectivity index (χ4n) is 4.80. The molecule has 0 atom stereocenters. The summed E-state index contributed by atoms with van der Waals surface area (Å²) in [5.41, 5.74) is 4.70. The molecule has 0 saturated heterocycles. The van der Waals surface area contributed by atoms with Gasteiger partial charge in [0.05, 0.1) is 11.4 Å². The molecule has 1 fully saturated rings. The van der Waals surface area contributed by atoms with E-state index in [4.69, 9.17) is 0 Å². The van der Waals surface area contributed by atoms with Gasteiger partial charge in [0.2, 0.25) is 0 Å². The van der Waals surface area contributed by atoms with Crippen LogP contribution in [-0.2, 0) is 6.42 Å². The van der Waals surface area contributed by atoms with Crippen molar-refractivity contribution in [2.24, 2.45) is 0 Å². The highest BCUT2D eigenvalue weighted by molar-refractivity contribution is 5.93. The number of hydrogen-bond donors (Lipinski definition) is 1.